The number of nitrogens with two attached hydrogens (primary N) is 1. The topological polar surface area (TPSA) is 172 Å². The van der Waals surface area contributed by atoms with Gasteiger partial charge in [-0.05, 0) is 36.6 Å². The second-order valence-electron chi connectivity index (χ2n) is 7.82. The lowest BCUT2D eigenvalue weighted by Crippen LogP contribution is -2.47. The van der Waals surface area contributed by atoms with Gasteiger partial charge in [-0.3, -0.25) is 23.5 Å². The molecular formula is C22H26FN5O6. The van der Waals surface area contributed by atoms with E-state index in [1.165, 1.54) is 35.9 Å². The maximum atomic E-state index is 13.7. The molecule has 34 heavy (non-hydrogen) atoms. The molecule has 3 rings (SSSR count). The summed E-state index contributed by atoms with van der Waals surface area (Å²) in [5, 5.41) is 25.1. The molecule has 1 aliphatic heterocycles. The van der Waals surface area contributed by atoms with E-state index in [1.807, 2.05) is 11.0 Å². The first-order valence-electron chi connectivity index (χ1n) is 10.5. The second kappa shape index (κ2) is 11.8. The molecule has 2 heterocycles. The summed E-state index contributed by atoms with van der Waals surface area (Å²) in [6.07, 6.45) is 1.15. The highest BCUT2D eigenvalue weighted by Gasteiger charge is 2.22. The molecule has 1 saturated heterocycles. The number of anilines is 1. The third-order valence-corrected chi connectivity index (χ3v) is 5.23. The fraction of sp³-hybridized carbons (Fsp3) is 0.409. The molecule has 1 aromatic carbocycles. The average molecular weight is 475 g/mol. The first-order valence-corrected chi connectivity index (χ1v) is 10.5. The number of nitriles is 1. The van der Waals surface area contributed by atoms with Crippen molar-refractivity contribution >= 4 is 17.8 Å². The minimum absolute atomic E-state index is 0.00528. The fourth-order valence-electron chi connectivity index (χ4n) is 3.47. The van der Waals surface area contributed by atoms with Crippen molar-refractivity contribution in [2.45, 2.75) is 38.3 Å². The molecular weight excluding hydrogens is 449 g/mol. The Balaban J connectivity index is 0.000000440. The van der Waals surface area contributed by atoms with Gasteiger partial charge < -0.3 is 20.8 Å². The van der Waals surface area contributed by atoms with Crippen LogP contribution in [0.5, 0.6) is 0 Å². The summed E-state index contributed by atoms with van der Waals surface area (Å²) < 4.78 is 16.1. The van der Waals surface area contributed by atoms with Crippen LogP contribution in [0.25, 0.3) is 0 Å². The molecule has 182 valence electrons. The van der Waals surface area contributed by atoms with E-state index in [4.69, 9.17) is 15.9 Å². The lowest BCUT2D eigenvalue weighted by molar-refractivity contribution is -0.143. The van der Waals surface area contributed by atoms with Crippen LogP contribution >= 0.6 is 0 Å². The zero-order valence-electron chi connectivity index (χ0n) is 18.6. The molecule has 12 heteroatoms. The first-order chi connectivity index (χ1) is 16.0. The number of rotatable bonds is 6. The maximum absolute atomic E-state index is 13.7. The van der Waals surface area contributed by atoms with E-state index in [0.29, 0.717) is 24.5 Å². The lowest BCUT2D eigenvalue weighted by atomic mass is 10.1. The van der Waals surface area contributed by atoms with E-state index in [1.54, 1.807) is 0 Å². The molecule has 2 aromatic rings. The largest absolute Gasteiger partial charge is 0.481 e. The van der Waals surface area contributed by atoms with Gasteiger partial charge in [0.1, 0.15) is 11.6 Å². The van der Waals surface area contributed by atoms with Crippen LogP contribution in [0.2, 0.25) is 0 Å². The van der Waals surface area contributed by atoms with Crippen molar-refractivity contribution in [1.82, 2.24) is 9.13 Å². The van der Waals surface area contributed by atoms with Crippen LogP contribution in [0.1, 0.15) is 36.8 Å². The number of piperidine rings is 1. The molecule has 0 amide bonds. The number of carbonyl (C=O) groups is 2. The van der Waals surface area contributed by atoms with E-state index < -0.39 is 29.0 Å². The van der Waals surface area contributed by atoms with Crippen LogP contribution in [-0.4, -0.2) is 50.4 Å². The highest BCUT2D eigenvalue weighted by molar-refractivity contribution is 5.75. The van der Waals surface area contributed by atoms with Crippen LogP contribution in [0, 0.1) is 17.1 Å². The summed E-state index contributed by atoms with van der Waals surface area (Å²) in [4.78, 5) is 46.0. The van der Waals surface area contributed by atoms with E-state index in [0.717, 1.165) is 17.4 Å². The predicted octanol–water partition coefficient (Wildman–Crippen LogP) is 0.469. The average Bonchev–Trinajstić information content (AvgIpc) is 2.78. The molecule has 0 saturated carbocycles. The molecule has 0 bridgehead atoms. The zero-order valence-corrected chi connectivity index (χ0v) is 18.6. The van der Waals surface area contributed by atoms with Gasteiger partial charge in [0.2, 0.25) is 0 Å². The summed E-state index contributed by atoms with van der Waals surface area (Å²) in [5.74, 6) is -2.19. The van der Waals surface area contributed by atoms with Gasteiger partial charge in [-0.1, -0.05) is 0 Å². The minimum atomic E-state index is -1.08. The van der Waals surface area contributed by atoms with Crippen molar-refractivity contribution in [2.24, 2.45) is 12.8 Å². The first kappa shape index (κ1) is 26.3. The quantitative estimate of drug-likeness (QED) is 0.537. The number of benzene rings is 1. The van der Waals surface area contributed by atoms with E-state index in [2.05, 4.69) is 0 Å². The summed E-state index contributed by atoms with van der Waals surface area (Å²) in [7, 11) is 1.39. The van der Waals surface area contributed by atoms with Crippen molar-refractivity contribution < 1.29 is 24.2 Å². The zero-order chi connectivity index (χ0) is 25.4. The highest BCUT2D eigenvalue weighted by atomic mass is 19.1. The van der Waals surface area contributed by atoms with Gasteiger partial charge in [0.05, 0.1) is 31.0 Å². The van der Waals surface area contributed by atoms with Crippen LogP contribution in [0.4, 0.5) is 10.2 Å². The van der Waals surface area contributed by atoms with Crippen LogP contribution in [-0.2, 0) is 23.2 Å². The minimum Gasteiger partial charge on any atom is -0.481 e. The highest BCUT2D eigenvalue weighted by Crippen LogP contribution is 2.19. The van der Waals surface area contributed by atoms with Crippen molar-refractivity contribution in [3.05, 3.63) is 62.0 Å². The third kappa shape index (κ3) is 7.01. The van der Waals surface area contributed by atoms with Gasteiger partial charge in [-0.25, -0.2) is 9.18 Å². The second-order valence-corrected chi connectivity index (χ2v) is 7.82. The number of hydrogen-bond donors (Lipinski definition) is 3. The SMILES string of the molecule is Cn1c(=O)cc(N2CCCC(N)C2)n(Cc2cc(F)ccc2C#N)c1=O.O=C(O)CCC(=O)O. The van der Waals surface area contributed by atoms with Crippen LogP contribution in [0.3, 0.4) is 0 Å². The fourth-order valence-corrected chi connectivity index (χ4v) is 3.47. The Kier molecular flexibility index (Phi) is 9.09. The Morgan fingerprint density at radius 2 is 1.85 bits per heavy atom. The number of carboxylic acid groups (broad SMARTS) is 2. The van der Waals surface area contributed by atoms with E-state index in [9.17, 15) is 28.8 Å². The number of carboxylic acids is 2. The smallest absolute Gasteiger partial charge is 0.332 e. The molecule has 1 aliphatic rings. The standard InChI is InChI=1S/C18H20FN5O2.C4H6O4/c1-22-17(25)8-16(23-6-2-3-15(21)11-23)24(18(22)26)10-13-7-14(19)5-4-12(13)9-20;5-3(6)1-2-4(7)8/h4-5,7-8,15H,2-3,6,10-11,21H2,1H3;1-2H2,(H,5,6)(H,7,8). The van der Waals surface area contributed by atoms with Crippen molar-refractivity contribution in [2.75, 3.05) is 18.0 Å². The van der Waals surface area contributed by atoms with Gasteiger partial charge in [0.15, 0.2) is 0 Å². The predicted molar refractivity (Wildman–Crippen MR) is 120 cm³/mol. The summed E-state index contributed by atoms with van der Waals surface area (Å²) in [6.45, 7) is 1.20. The number of aromatic nitrogens is 2. The van der Waals surface area contributed by atoms with Gasteiger partial charge >= 0.3 is 17.6 Å². The van der Waals surface area contributed by atoms with Crippen molar-refractivity contribution in [3.8, 4) is 6.07 Å². The molecule has 11 nitrogen and oxygen atoms in total. The Hall–Kier alpha value is -3.98. The Bertz CT molecular complexity index is 1200. The van der Waals surface area contributed by atoms with Gasteiger partial charge in [0.25, 0.3) is 5.56 Å². The Morgan fingerprint density at radius 1 is 1.21 bits per heavy atom. The van der Waals surface area contributed by atoms with Crippen LogP contribution < -0.4 is 21.9 Å². The van der Waals surface area contributed by atoms with E-state index in [-0.39, 0.29) is 31.0 Å². The van der Waals surface area contributed by atoms with Gasteiger partial charge in [-0.15, -0.1) is 0 Å². The van der Waals surface area contributed by atoms with E-state index >= 15 is 0 Å². The summed E-state index contributed by atoms with van der Waals surface area (Å²) in [6, 6.07) is 7.19. The summed E-state index contributed by atoms with van der Waals surface area (Å²) >= 11 is 0. The molecule has 1 aromatic heterocycles. The molecule has 1 unspecified atom stereocenters. The lowest BCUT2D eigenvalue weighted by Gasteiger charge is -2.34. The molecule has 1 atom stereocenters. The van der Waals surface area contributed by atoms with Crippen LogP contribution in [0.15, 0.2) is 33.9 Å². The number of aliphatic carboxylic acids is 2. The number of hydrogen-bond acceptors (Lipinski definition) is 7. The molecule has 0 aliphatic carbocycles. The molecule has 0 radical (unpaired) electrons. The maximum Gasteiger partial charge on any atom is 0.332 e. The van der Waals surface area contributed by atoms with Gasteiger partial charge in [0, 0.05) is 32.2 Å². The summed E-state index contributed by atoms with van der Waals surface area (Å²) in [5.41, 5.74) is 5.77. The monoisotopic (exact) mass is 475 g/mol. The molecule has 4 N–H and O–H groups in total. The Labute approximate surface area is 194 Å². The van der Waals surface area contributed by atoms with Gasteiger partial charge in [-0.2, -0.15) is 5.26 Å². The van der Waals surface area contributed by atoms with Crippen molar-refractivity contribution in [3.63, 3.8) is 0 Å². The molecule has 1 fully saturated rings. The number of halogens is 1. The Morgan fingerprint density at radius 3 is 2.41 bits per heavy atom. The van der Waals surface area contributed by atoms with Crippen molar-refractivity contribution in [1.29, 1.82) is 5.26 Å². The molecule has 0 spiro atoms. The normalized spacial score (nSPS) is 15.1. The third-order valence-electron chi connectivity index (χ3n) is 5.23. The number of nitrogens with zero attached hydrogens (tertiary/aromatic N) is 4.